The highest BCUT2D eigenvalue weighted by molar-refractivity contribution is 6.20. The zero-order valence-electron chi connectivity index (χ0n) is 27.7. The summed E-state index contributed by atoms with van der Waals surface area (Å²) in [6.07, 6.45) is 0. The van der Waals surface area contributed by atoms with Crippen LogP contribution in [0.25, 0.3) is 111 Å². The number of hydrogen-bond acceptors (Lipinski definition) is 5. The fourth-order valence-electron chi connectivity index (χ4n) is 7.76. The first-order valence-electron chi connectivity index (χ1n) is 17.4. The van der Waals surface area contributed by atoms with Gasteiger partial charge in [-0.3, -0.25) is 0 Å². The molecular weight excluding hydrogens is 639 g/mol. The van der Waals surface area contributed by atoms with Crippen molar-refractivity contribution in [2.24, 2.45) is 0 Å². The lowest BCUT2D eigenvalue weighted by Gasteiger charge is -2.12. The number of nitrogens with zero attached hydrogens (tertiary/aromatic N) is 3. The van der Waals surface area contributed by atoms with E-state index in [1.165, 1.54) is 16.3 Å². The molecule has 0 unspecified atom stereocenters. The Hall–Kier alpha value is -7.11. The predicted octanol–water partition coefficient (Wildman–Crippen LogP) is 12.6. The van der Waals surface area contributed by atoms with Gasteiger partial charge in [-0.05, 0) is 63.0 Å². The predicted molar refractivity (Wildman–Crippen MR) is 211 cm³/mol. The van der Waals surface area contributed by atoms with Crippen LogP contribution < -0.4 is 0 Å². The standard InChI is InChI=1S/C47H27N3O2/c1-2-13-29(14-3-1)45-48-46(50-47(49-45)44-34-18-7-5-15-30(34)27-41-43(44)35-19-8-9-22-38(35)52-41)36-21-11-23-40-42(36)37-26-31(24-25-39(37)51-40)33-20-10-16-28-12-4-6-17-32(28)33/h1-27H. The molecule has 0 aliphatic rings. The van der Waals surface area contributed by atoms with E-state index in [0.717, 1.165) is 76.9 Å². The maximum Gasteiger partial charge on any atom is 0.165 e. The van der Waals surface area contributed by atoms with Crippen molar-refractivity contribution in [2.75, 3.05) is 0 Å². The van der Waals surface area contributed by atoms with E-state index >= 15 is 0 Å². The zero-order valence-corrected chi connectivity index (χ0v) is 27.7. The fourth-order valence-corrected chi connectivity index (χ4v) is 7.76. The van der Waals surface area contributed by atoms with E-state index in [9.17, 15) is 0 Å². The highest BCUT2D eigenvalue weighted by atomic mass is 16.3. The summed E-state index contributed by atoms with van der Waals surface area (Å²) >= 11 is 0. The molecule has 0 radical (unpaired) electrons. The van der Waals surface area contributed by atoms with Gasteiger partial charge in [-0.15, -0.1) is 0 Å². The van der Waals surface area contributed by atoms with Crippen LogP contribution in [0.2, 0.25) is 0 Å². The summed E-state index contributed by atoms with van der Waals surface area (Å²) in [5, 5.41) is 8.49. The number of hydrogen-bond donors (Lipinski definition) is 0. The van der Waals surface area contributed by atoms with Crippen molar-refractivity contribution in [1.29, 1.82) is 0 Å². The van der Waals surface area contributed by atoms with Crippen molar-refractivity contribution in [3.05, 3.63) is 164 Å². The smallest absolute Gasteiger partial charge is 0.165 e. The van der Waals surface area contributed by atoms with E-state index in [1.54, 1.807) is 0 Å². The summed E-state index contributed by atoms with van der Waals surface area (Å²) < 4.78 is 12.9. The van der Waals surface area contributed by atoms with Crippen molar-refractivity contribution < 1.29 is 8.83 Å². The molecule has 0 saturated heterocycles. The van der Waals surface area contributed by atoms with E-state index in [1.807, 2.05) is 66.7 Å². The fraction of sp³-hybridized carbons (Fsp3) is 0. The first-order chi connectivity index (χ1) is 25.8. The molecule has 3 heterocycles. The van der Waals surface area contributed by atoms with Crippen molar-refractivity contribution in [3.63, 3.8) is 0 Å². The first kappa shape index (κ1) is 28.7. The van der Waals surface area contributed by atoms with E-state index in [4.69, 9.17) is 23.8 Å². The van der Waals surface area contributed by atoms with Gasteiger partial charge in [-0.25, -0.2) is 15.0 Å². The lowest BCUT2D eigenvalue weighted by Crippen LogP contribution is -2.01. The molecular formula is C47H27N3O2. The van der Waals surface area contributed by atoms with Gasteiger partial charge in [0.05, 0.1) is 0 Å². The van der Waals surface area contributed by atoms with Crippen molar-refractivity contribution >= 4 is 65.4 Å². The topological polar surface area (TPSA) is 65.0 Å². The SMILES string of the molecule is c1ccc(-c2nc(-c3cccc4oc5ccc(-c6cccc7ccccc67)cc5c34)nc(-c3c4ccccc4cc4oc5ccccc5c34)n2)cc1. The number of para-hydroxylation sites is 1. The van der Waals surface area contributed by atoms with Crippen LogP contribution in [0.1, 0.15) is 0 Å². The molecule has 0 bridgehead atoms. The number of aromatic nitrogens is 3. The minimum absolute atomic E-state index is 0.571. The molecule has 5 heteroatoms. The van der Waals surface area contributed by atoms with Crippen LogP contribution >= 0.6 is 0 Å². The maximum atomic E-state index is 6.49. The highest BCUT2D eigenvalue weighted by Gasteiger charge is 2.22. The van der Waals surface area contributed by atoms with Crippen molar-refractivity contribution in [1.82, 2.24) is 15.0 Å². The lowest BCUT2D eigenvalue weighted by atomic mass is 9.96. The summed E-state index contributed by atoms with van der Waals surface area (Å²) in [6, 6.07) is 56.2. The third-order valence-corrected chi connectivity index (χ3v) is 10.1. The largest absolute Gasteiger partial charge is 0.456 e. The van der Waals surface area contributed by atoms with Gasteiger partial charge in [0.2, 0.25) is 0 Å². The Kier molecular flexibility index (Phi) is 6.18. The third kappa shape index (κ3) is 4.39. The van der Waals surface area contributed by atoms with Gasteiger partial charge in [0.25, 0.3) is 0 Å². The van der Waals surface area contributed by atoms with Crippen LogP contribution in [0, 0.1) is 0 Å². The molecule has 0 aliphatic heterocycles. The first-order valence-corrected chi connectivity index (χ1v) is 17.4. The summed E-state index contributed by atoms with van der Waals surface area (Å²) in [6.45, 7) is 0. The Morgan fingerprint density at radius 3 is 1.87 bits per heavy atom. The van der Waals surface area contributed by atoms with Gasteiger partial charge in [-0.2, -0.15) is 0 Å². The van der Waals surface area contributed by atoms with Gasteiger partial charge >= 0.3 is 0 Å². The molecule has 0 spiro atoms. The minimum Gasteiger partial charge on any atom is -0.456 e. The van der Waals surface area contributed by atoms with E-state index < -0.39 is 0 Å². The Morgan fingerprint density at radius 1 is 0.327 bits per heavy atom. The summed E-state index contributed by atoms with van der Waals surface area (Å²) in [4.78, 5) is 15.7. The molecule has 52 heavy (non-hydrogen) atoms. The molecule has 0 saturated carbocycles. The summed E-state index contributed by atoms with van der Waals surface area (Å²) in [5.41, 5.74) is 8.19. The highest BCUT2D eigenvalue weighted by Crippen LogP contribution is 2.43. The molecule has 3 aromatic heterocycles. The molecule has 0 amide bonds. The van der Waals surface area contributed by atoms with Gasteiger partial charge in [0.15, 0.2) is 17.5 Å². The van der Waals surface area contributed by atoms with Crippen LogP contribution in [0.3, 0.4) is 0 Å². The normalized spacial score (nSPS) is 11.8. The molecule has 242 valence electrons. The molecule has 8 aromatic carbocycles. The Morgan fingerprint density at radius 2 is 0.962 bits per heavy atom. The second-order valence-electron chi connectivity index (χ2n) is 13.1. The van der Waals surface area contributed by atoms with Gasteiger partial charge < -0.3 is 8.83 Å². The van der Waals surface area contributed by atoms with Crippen LogP contribution in [0.4, 0.5) is 0 Å². The molecule has 0 fully saturated rings. The maximum absolute atomic E-state index is 6.49. The zero-order chi connectivity index (χ0) is 34.2. The number of benzene rings is 8. The van der Waals surface area contributed by atoms with Crippen molar-refractivity contribution in [2.45, 2.75) is 0 Å². The summed E-state index contributed by atoms with van der Waals surface area (Å²) in [5.74, 6) is 1.75. The average molecular weight is 666 g/mol. The molecule has 0 N–H and O–H groups in total. The minimum atomic E-state index is 0.571. The molecule has 11 aromatic rings. The average Bonchev–Trinajstić information content (AvgIpc) is 3.77. The molecule has 11 rings (SSSR count). The van der Waals surface area contributed by atoms with E-state index in [2.05, 4.69) is 97.1 Å². The Bertz CT molecular complexity index is 3190. The van der Waals surface area contributed by atoms with Crippen LogP contribution in [-0.4, -0.2) is 15.0 Å². The second kappa shape index (κ2) is 11.2. The van der Waals surface area contributed by atoms with E-state index in [0.29, 0.717) is 17.5 Å². The van der Waals surface area contributed by atoms with Crippen LogP contribution in [0.5, 0.6) is 0 Å². The number of rotatable bonds is 4. The Balaban J connectivity index is 1.21. The summed E-state index contributed by atoms with van der Waals surface area (Å²) in [7, 11) is 0. The monoisotopic (exact) mass is 665 g/mol. The van der Waals surface area contributed by atoms with Gasteiger partial charge in [-0.1, -0.05) is 133 Å². The number of furan rings is 2. The van der Waals surface area contributed by atoms with Crippen LogP contribution in [-0.2, 0) is 0 Å². The molecule has 5 nitrogen and oxygen atoms in total. The van der Waals surface area contributed by atoms with Gasteiger partial charge in [0, 0.05) is 38.2 Å². The van der Waals surface area contributed by atoms with E-state index in [-0.39, 0.29) is 0 Å². The third-order valence-electron chi connectivity index (χ3n) is 10.1. The number of fused-ring (bicyclic) bond motifs is 8. The van der Waals surface area contributed by atoms with Crippen LogP contribution in [0.15, 0.2) is 173 Å². The second-order valence-corrected chi connectivity index (χ2v) is 13.1. The van der Waals surface area contributed by atoms with Gasteiger partial charge in [0.1, 0.15) is 22.3 Å². The lowest BCUT2D eigenvalue weighted by molar-refractivity contribution is 0.669. The molecule has 0 aliphatic carbocycles. The molecule has 0 atom stereocenters. The van der Waals surface area contributed by atoms with Crippen molar-refractivity contribution in [3.8, 4) is 45.3 Å². The quantitative estimate of drug-likeness (QED) is 0.187. The Labute approximate surface area is 297 Å².